The van der Waals surface area contributed by atoms with Crippen molar-refractivity contribution in [3.05, 3.63) is 69.1 Å². The van der Waals surface area contributed by atoms with Gasteiger partial charge in [0.2, 0.25) is 0 Å². The fraction of sp³-hybridized carbons (Fsp3) is 0.294. The molecule has 1 amide bonds. The number of carbonyl (C=O) groups is 1. The number of carbonyl (C=O) groups excluding carboxylic acids is 1. The Bertz CT molecular complexity index is 741. The molecule has 0 saturated carbocycles. The van der Waals surface area contributed by atoms with Gasteiger partial charge < -0.3 is 9.88 Å². The first-order valence-electron chi connectivity index (χ1n) is 7.39. The Morgan fingerprint density at radius 3 is 2.86 bits per heavy atom. The summed E-state index contributed by atoms with van der Waals surface area (Å²) in [6, 6.07) is 11.0. The maximum atomic E-state index is 12.6. The highest BCUT2D eigenvalue weighted by Gasteiger charge is 2.30. The van der Waals surface area contributed by atoms with Crippen molar-refractivity contribution in [3.63, 3.8) is 0 Å². The molecule has 5 heteroatoms. The maximum absolute atomic E-state index is 12.6. The summed E-state index contributed by atoms with van der Waals surface area (Å²) in [4.78, 5) is 28.8. The molecule has 1 N–H and O–H groups in total. The number of halogens is 1. The van der Waals surface area contributed by atoms with E-state index in [1.165, 1.54) is 6.20 Å². The minimum atomic E-state index is -0.337. The van der Waals surface area contributed by atoms with Crippen LogP contribution < -0.4 is 5.56 Å². The van der Waals surface area contributed by atoms with Gasteiger partial charge in [0.1, 0.15) is 5.56 Å². The van der Waals surface area contributed by atoms with E-state index in [2.05, 4.69) is 4.98 Å². The normalized spacial score (nSPS) is 17.7. The van der Waals surface area contributed by atoms with Crippen LogP contribution in [0, 0.1) is 0 Å². The van der Waals surface area contributed by atoms with Crippen molar-refractivity contribution in [1.82, 2.24) is 9.88 Å². The van der Waals surface area contributed by atoms with Crippen LogP contribution in [-0.2, 0) is 6.42 Å². The van der Waals surface area contributed by atoms with Gasteiger partial charge >= 0.3 is 0 Å². The average Bonchev–Trinajstić information content (AvgIpc) is 2.98. The molecule has 0 spiro atoms. The fourth-order valence-corrected chi connectivity index (χ4v) is 3.19. The van der Waals surface area contributed by atoms with Crippen LogP contribution in [0.4, 0.5) is 0 Å². The van der Waals surface area contributed by atoms with Crippen molar-refractivity contribution in [3.8, 4) is 0 Å². The molecule has 1 aliphatic heterocycles. The van der Waals surface area contributed by atoms with Crippen molar-refractivity contribution in [2.75, 3.05) is 6.54 Å². The van der Waals surface area contributed by atoms with Gasteiger partial charge in [0, 0.05) is 23.8 Å². The Morgan fingerprint density at radius 1 is 1.27 bits per heavy atom. The molecule has 4 nitrogen and oxygen atoms in total. The molecule has 1 atom stereocenters. The lowest BCUT2D eigenvalue weighted by Gasteiger charge is -2.25. The zero-order valence-corrected chi connectivity index (χ0v) is 12.8. The lowest BCUT2D eigenvalue weighted by atomic mass is 10.0. The molecule has 0 bridgehead atoms. The van der Waals surface area contributed by atoms with Gasteiger partial charge in [-0.2, -0.15) is 0 Å². The third-order valence-corrected chi connectivity index (χ3v) is 4.47. The van der Waals surface area contributed by atoms with Crippen molar-refractivity contribution in [2.45, 2.75) is 25.3 Å². The molecule has 0 unspecified atom stereocenters. The van der Waals surface area contributed by atoms with Crippen LogP contribution in [0.5, 0.6) is 0 Å². The number of likely N-dealkylation sites (tertiary alicyclic amines) is 1. The van der Waals surface area contributed by atoms with Crippen LogP contribution in [0.3, 0.4) is 0 Å². The SMILES string of the molecule is O=C(c1ccc[nH]c1=O)N1CCC[C@@H]1Cc1ccccc1Cl. The van der Waals surface area contributed by atoms with E-state index >= 15 is 0 Å². The van der Waals surface area contributed by atoms with E-state index in [-0.39, 0.29) is 23.1 Å². The number of aromatic nitrogens is 1. The van der Waals surface area contributed by atoms with Crippen molar-refractivity contribution >= 4 is 17.5 Å². The lowest BCUT2D eigenvalue weighted by Crippen LogP contribution is -2.39. The molecule has 2 aromatic rings. The van der Waals surface area contributed by atoms with E-state index in [9.17, 15) is 9.59 Å². The highest BCUT2D eigenvalue weighted by atomic mass is 35.5. The van der Waals surface area contributed by atoms with Gasteiger partial charge in [-0.3, -0.25) is 9.59 Å². The van der Waals surface area contributed by atoms with Gasteiger partial charge in [-0.05, 0) is 43.0 Å². The van der Waals surface area contributed by atoms with Crippen LogP contribution in [0.25, 0.3) is 0 Å². The number of hydrogen-bond acceptors (Lipinski definition) is 2. The first-order chi connectivity index (χ1) is 10.7. The zero-order valence-electron chi connectivity index (χ0n) is 12.1. The van der Waals surface area contributed by atoms with E-state index < -0.39 is 0 Å². The molecule has 22 heavy (non-hydrogen) atoms. The second-order valence-corrected chi connectivity index (χ2v) is 5.91. The van der Waals surface area contributed by atoms with Gasteiger partial charge in [0.25, 0.3) is 11.5 Å². The predicted molar refractivity (Wildman–Crippen MR) is 86.3 cm³/mol. The Labute approximate surface area is 133 Å². The molecule has 0 aliphatic carbocycles. The zero-order chi connectivity index (χ0) is 15.5. The molecule has 114 valence electrons. The van der Waals surface area contributed by atoms with Crippen LogP contribution in [0.15, 0.2) is 47.4 Å². The van der Waals surface area contributed by atoms with Crippen LogP contribution in [-0.4, -0.2) is 28.4 Å². The van der Waals surface area contributed by atoms with E-state index in [0.29, 0.717) is 6.54 Å². The van der Waals surface area contributed by atoms with E-state index in [1.807, 2.05) is 24.3 Å². The number of nitrogens with zero attached hydrogens (tertiary/aromatic N) is 1. The number of H-pyrrole nitrogens is 1. The summed E-state index contributed by atoms with van der Waals surface area (Å²) in [6.45, 7) is 0.683. The number of amides is 1. The number of hydrogen-bond donors (Lipinski definition) is 1. The summed E-state index contributed by atoms with van der Waals surface area (Å²) < 4.78 is 0. The summed E-state index contributed by atoms with van der Waals surface area (Å²) in [5, 5.41) is 0.722. The Morgan fingerprint density at radius 2 is 2.09 bits per heavy atom. The standard InChI is InChI=1S/C17H17ClN2O2/c18-15-8-2-1-5-12(15)11-13-6-4-10-20(13)17(22)14-7-3-9-19-16(14)21/h1-3,5,7-9,13H,4,6,10-11H2,(H,19,21)/t13-/m1/s1. The number of pyridine rings is 1. The maximum Gasteiger partial charge on any atom is 0.260 e. The average molecular weight is 317 g/mol. The molecule has 1 aromatic carbocycles. The lowest BCUT2D eigenvalue weighted by molar-refractivity contribution is 0.0734. The molecule has 1 aliphatic rings. The number of aromatic amines is 1. The van der Waals surface area contributed by atoms with Gasteiger partial charge in [0.05, 0.1) is 0 Å². The molecule has 3 rings (SSSR count). The number of nitrogens with one attached hydrogen (secondary N) is 1. The third-order valence-electron chi connectivity index (χ3n) is 4.10. The number of rotatable bonds is 3. The summed E-state index contributed by atoms with van der Waals surface area (Å²) in [5.41, 5.74) is 0.903. The quantitative estimate of drug-likeness (QED) is 0.946. The molecular weight excluding hydrogens is 300 g/mol. The van der Waals surface area contributed by atoms with Crippen molar-refractivity contribution < 1.29 is 4.79 Å². The second-order valence-electron chi connectivity index (χ2n) is 5.50. The minimum absolute atomic E-state index is 0.0898. The Kier molecular flexibility index (Phi) is 4.29. The first kappa shape index (κ1) is 14.9. The predicted octanol–water partition coefficient (Wildman–Crippen LogP) is 2.88. The number of benzene rings is 1. The molecule has 2 heterocycles. The van der Waals surface area contributed by atoms with Crippen LogP contribution in [0.1, 0.15) is 28.8 Å². The highest BCUT2D eigenvalue weighted by Crippen LogP contribution is 2.25. The van der Waals surface area contributed by atoms with Crippen LogP contribution in [0.2, 0.25) is 5.02 Å². The van der Waals surface area contributed by atoms with Gasteiger partial charge in [0.15, 0.2) is 0 Å². The minimum Gasteiger partial charge on any atom is -0.335 e. The molecule has 1 fully saturated rings. The third kappa shape index (κ3) is 2.92. The van der Waals surface area contributed by atoms with E-state index in [1.54, 1.807) is 17.0 Å². The van der Waals surface area contributed by atoms with Gasteiger partial charge in [-0.1, -0.05) is 29.8 Å². The van der Waals surface area contributed by atoms with Gasteiger partial charge in [-0.15, -0.1) is 0 Å². The Balaban J connectivity index is 1.82. The van der Waals surface area contributed by atoms with Crippen molar-refractivity contribution in [1.29, 1.82) is 0 Å². The molecule has 1 saturated heterocycles. The molecule has 0 radical (unpaired) electrons. The fourth-order valence-electron chi connectivity index (χ4n) is 2.98. The summed E-state index contributed by atoms with van der Waals surface area (Å²) in [5.74, 6) is -0.198. The molecule has 1 aromatic heterocycles. The largest absolute Gasteiger partial charge is 0.335 e. The smallest absolute Gasteiger partial charge is 0.260 e. The van der Waals surface area contributed by atoms with Crippen molar-refractivity contribution in [2.24, 2.45) is 0 Å². The van der Waals surface area contributed by atoms with Crippen LogP contribution >= 0.6 is 11.6 Å². The topological polar surface area (TPSA) is 53.2 Å². The summed E-state index contributed by atoms with van der Waals surface area (Å²) in [7, 11) is 0. The first-order valence-corrected chi connectivity index (χ1v) is 7.76. The van der Waals surface area contributed by atoms with E-state index in [4.69, 9.17) is 11.6 Å². The summed E-state index contributed by atoms with van der Waals surface area (Å²) in [6.07, 6.45) is 4.13. The monoisotopic (exact) mass is 316 g/mol. The second kappa shape index (κ2) is 6.36. The van der Waals surface area contributed by atoms with E-state index in [0.717, 1.165) is 29.8 Å². The summed E-state index contributed by atoms with van der Waals surface area (Å²) >= 11 is 6.21. The highest BCUT2D eigenvalue weighted by molar-refractivity contribution is 6.31. The molecular formula is C17H17ClN2O2. The van der Waals surface area contributed by atoms with Gasteiger partial charge in [-0.25, -0.2) is 0 Å². The Hall–Kier alpha value is -2.07.